The molecule has 1 aromatic carbocycles. The fraction of sp³-hybridized carbons (Fsp3) is 0.350. The zero-order valence-electron chi connectivity index (χ0n) is 16.9. The lowest BCUT2D eigenvalue weighted by molar-refractivity contribution is -0.136. The van der Waals surface area contributed by atoms with E-state index in [0.717, 1.165) is 11.6 Å². The van der Waals surface area contributed by atoms with E-state index in [1.54, 1.807) is 18.2 Å². The molecule has 0 aliphatic carbocycles. The molecule has 1 atom stereocenters. The highest BCUT2D eigenvalue weighted by atomic mass is 19.4. The molecule has 0 spiro atoms. The third-order valence-corrected chi connectivity index (χ3v) is 4.82. The largest absolute Gasteiger partial charge is 0.464 e. The van der Waals surface area contributed by atoms with Gasteiger partial charge < -0.3 is 19.5 Å². The molecule has 1 N–H and O–H groups in total. The Bertz CT molecular complexity index is 1160. The standard InChI is InChI=1S/C20H19F3N4O4/c1-10-17-13(20(21,22)23)7-16(25-18(17)27(3)26-10)31-11(2)19(28)24-8-12-4-5-14-15(6-12)30-9-29-14/h4-7,11H,8-9H2,1-3H3,(H,24,28). The van der Waals surface area contributed by atoms with Gasteiger partial charge in [-0.15, -0.1) is 0 Å². The Hall–Kier alpha value is -3.50. The summed E-state index contributed by atoms with van der Waals surface area (Å²) in [5, 5.41) is 6.59. The van der Waals surface area contributed by atoms with E-state index in [4.69, 9.17) is 14.2 Å². The molecule has 164 valence electrons. The Morgan fingerprint density at radius 3 is 2.77 bits per heavy atom. The summed E-state index contributed by atoms with van der Waals surface area (Å²) in [6.07, 6.45) is -5.70. The van der Waals surface area contributed by atoms with Gasteiger partial charge in [0, 0.05) is 19.7 Å². The second-order valence-corrected chi connectivity index (χ2v) is 7.08. The van der Waals surface area contributed by atoms with Crippen molar-refractivity contribution in [3.63, 3.8) is 0 Å². The summed E-state index contributed by atoms with van der Waals surface area (Å²) in [5.74, 6) is 0.390. The molecule has 1 unspecified atom stereocenters. The molecule has 1 amide bonds. The van der Waals surface area contributed by atoms with Crippen molar-refractivity contribution in [1.82, 2.24) is 20.1 Å². The van der Waals surface area contributed by atoms with Crippen molar-refractivity contribution in [1.29, 1.82) is 0 Å². The van der Waals surface area contributed by atoms with Crippen molar-refractivity contribution in [2.24, 2.45) is 7.05 Å². The zero-order valence-corrected chi connectivity index (χ0v) is 16.9. The average molecular weight is 436 g/mol. The Morgan fingerprint density at radius 2 is 2.03 bits per heavy atom. The Labute approximate surface area is 174 Å². The van der Waals surface area contributed by atoms with Crippen LogP contribution in [-0.4, -0.2) is 33.6 Å². The number of fused-ring (bicyclic) bond motifs is 2. The normalized spacial score (nSPS) is 14.0. The van der Waals surface area contributed by atoms with Gasteiger partial charge in [0.25, 0.3) is 5.91 Å². The van der Waals surface area contributed by atoms with Crippen LogP contribution in [-0.2, 0) is 24.6 Å². The van der Waals surface area contributed by atoms with Gasteiger partial charge in [0.15, 0.2) is 23.3 Å². The maximum Gasteiger partial charge on any atom is 0.417 e. The number of nitrogens with one attached hydrogen (secondary N) is 1. The monoisotopic (exact) mass is 436 g/mol. The number of amides is 1. The van der Waals surface area contributed by atoms with Crippen molar-refractivity contribution >= 4 is 16.9 Å². The molecule has 0 bridgehead atoms. The maximum atomic E-state index is 13.6. The van der Waals surface area contributed by atoms with Crippen LogP contribution in [0, 0.1) is 6.92 Å². The summed E-state index contributed by atoms with van der Waals surface area (Å²) in [6.45, 7) is 3.24. The van der Waals surface area contributed by atoms with Crippen LogP contribution in [0.2, 0.25) is 0 Å². The molecular weight excluding hydrogens is 417 g/mol. The van der Waals surface area contributed by atoms with Crippen LogP contribution >= 0.6 is 0 Å². The van der Waals surface area contributed by atoms with Gasteiger partial charge in [-0.25, -0.2) is 0 Å². The van der Waals surface area contributed by atoms with Gasteiger partial charge in [-0.2, -0.15) is 23.3 Å². The smallest absolute Gasteiger partial charge is 0.417 e. The second kappa shape index (κ2) is 7.64. The van der Waals surface area contributed by atoms with E-state index in [1.165, 1.54) is 25.6 Å². The maximum absolute atomic E-state index is 13.6. The van der Waals surface area contributed by atoms with E-state index >= 15 is 0 Å². The molecule has 0 fully saturated rings. The van der Waals surface area contributed by atoms with Crippen molar-refractivity contribution in [2.75, 3.05) is 6.79 Å². The quantitative estimate of drug-likeness (QED) is 0.662. The van der Waals surface area contributed by atoms with Crippen molar-refractivity contribution in [3.8, 4) is 17.4 Å². The fourth-order valence-electron chi connectivity index (χ4n) is 3.32. The predicted molar refractivity (Wildman–Crippen MR) is 103 cm³/mol. The molecular formula is C20H19F3N4O4. The van der Waals surface area contributed by atoms with E-state index in [0.29, 0.717) is 11.5 Å². The van der Waals surface area contributed by atoms with Gasteiger partial charge in [-0.05, 0) is 31.5 Å². The molecule has 3 heterocycles. The Morgan fingerprint density at radius 1 is 1.29 bits per heavy atom. The Balaban J connectivity index is 1.49. The number of rotatable bonds is 5. The van der Waals surface area contributed by atoms with Gasteiger partial charge in [-0.3, -0.25) is 9.48 Å². The van der Waals surface area contributed by atoms with E-state index in [1.807, 2.05) is 0 Å². The molecule has 0 saturated heterocycles. The Kier molecular flexibility index (Phi) is 5.11. The summed E-state index contributed by atoms with van der Waals surface area (Å²) in [7, 11) is 1.49. The molecule has 1 aliphatic rings. The number of hydrogen-bond acceptors (Lipinski definition) is 6. The SMILES string of the molecule is Cc1nn(C)c2nc(OC(C)C(=O)NCc3ccc4c(c3)OCO4)cc(C(F)(F)F)c12. The molecule has 3 aromatic rings. The van der Waals surface area contributed by atoms with Crippen molar-refractivity contribution < 1.29 is 32.2 Å². The molecule has 0 saturated carbocycles. The van der Waals surface area contributed by atoms with Gasteiger partial charge in [0.2, 0.25) is 12.7 Å². The number of aryl methyl sites for hydroxylation is 2. The van der Waals surface area contributed by atoms with Gasteiger partial charge in [0.05, 0.1) is 16.6 Å². The third-order valence-electron chi connectivity index (χ3n) is 4.82. The van der Waals surface area contributed by atoms with E-state index in [2.05, 4.69) is 15.4 Å². The molecule has 0 radical (unpaired) electrons. The number of carbonyl (C=O) groups excluding carboxylic acids is 1. The predicted octanol–water partition coefficient (Wildman–Crippen LogP) is 3.11. The summed E-state index contributed by atoms with van der Waals surface area (Å²) >= 11 is 0. The minimum absolute atomic E-state index is 0.0234. The topological polar surface area (TPSA) is 87.5 Å². The number of alkyl halides is 3. The van der Waals surface area contributed by atoms with Crippen LogP contribution in [0.5, 0.6) is 17.4 Å². The van der Waals surface area contributed by atoms with Crippen LogP contribution in [0.1, 0.15) is 23.7 Å². The van der Waals surface area contributed by atoms with Crippen LogP contribution < -0.4 is 19.5 Å². The van der Waals surface area contributed by atoms with Crippen molar-refractivity contribution in [3.05, 3.63) is 41.1 Å². The molecule has 4 rings (SSSR count). The molecule has 11 heteroatoms. The highest BCUT2D eigenvalue weighted by molar-refractivity contribution is 5.84. The van der Waals surface area contributed by atoms with Crippen LogP contribution in [0.4, 0.5) is 13.2 Å². The lowest BCUT2D eigenvalue weighted by atomic mass is 10.1. The zero-order chi connectivity index (χ0) is 22.3. The van der Waals surface area contributed by atoms with E-state index < -0.39 is 23.8 Å². The minimum atomic E-state index is -4.63. The van der Waals surface area contributed by atoms with Gasteiger partial charge in [-0.1, -0.05) is 6.07 Å². The third kappa shape index (κ3) is 4.07. The summed E-state index contributed by atoms with van der Waals surface area (Å²) in [5.41, 5.74) is 0.0915. The second-order valence-electron chi connectivity index (χ2n) is 7.08. The number of aromatic nitrogens is 3. The van der Waals surface area contributed by atoms with Crippen LogP contribution in [0.3, 0.4) is 0 Å². The number of carbonyl (C=O) groups is 1. The summed E-state index contributed by atoms with van der Waals surface area (Å²) in [4.78, 5) is 16.5. The average Bonchev–Trinajstić information content (AvgIpc) is 3.28. The van der Waals surface area contributed by atoms with E-state index in [9.17, 15) is 18.0 Å². The number of pyridine rings is 1. The first-order valence-electron chi connectivity index (χ1n) is 9.38. The number of nitrogens with zero attached hydrogens (tertiary/aromatic N) is 3. The molecule has 31 heavy (non-hydrogen) atoms. The number of benzene rings is 1. The summed E-state index contributed by atoms with van der Waals surface area (Å²) < 4.78 is 57.9. The van der Waals surface area contributed by atoms with Gasteiger partial charge >= 0.3 is 6.18 Å². The highest BCUT2D eigenvalue weighted by Crippen LogP contribution is 2.37. The first-order valence-corrected chi connectivity index (χ1v) is 9.38. The molecule has 2 aromatic heterocycles. The van der Waals surface area contributed by atoms with Crippen molar-refractivity contribution in [2.45, 2.75) is 32.7 Å². The fourth-order valence-corrected chi connectivity index (χ4v) is 3.32. The van der Waals surface area contributed by atoms with E-state index in [-0.39, 0.29) is 35.9 Å². The lowest BCUT2D eigenvalue weighted by Crippen LogP contribution is -2.36. The number of hydrogen-bond donors (Lipinski definition) is 1. The summed E-state index contributed by atoms with van der Waals surface area (Å²) in [6, 6.07) is 6.04. The molecule has 8 nitrogen and oxygen atoms in total. The first kappa shape index (κ1) is 20.8. The number of halogens is 3. The first-order chi connectivity index (χ1) is 14.6. The molecule has 1 aliphatic heterocycles. The minimum Gasteiger partial charge on any atom is -0.464 e. The highest BCUT2D eigenvalue weighted by Gasteiger charge is 2.36. The van der Waals surface area contributed by atoms with Crippen LogP contribution in [0.25, 0.3) is 11.0 Å². The van der Waals surface area contributed by atoms with Gasteiger partial charge in [0.1, 0.15) is 0 Å². The van der Waals surface area contributed by atoms with Crippen LogP contribution in [0.15, 0.2) is 24.3 Å². The lowest BCUT2D eigenvalue weighted by Gasteiger charge is -2.16. The number of ether oxygens (including phenoxy) is 3.